The molecule has 3 aromatic rings. The second-order valence-corrected chi connectivity index (χ2v) is 8.89. The molecule has 1 fully saturated rings. The number of aromatic nitrogens is 2. The number of nitrogens with one attached hydrogen (secondary N) is 1. The Labute approximate surface area is 173 Å². The van der Waals surface area contributed by atoms with Gasteiger partial charge in [-0.25, -0.2) is 4.98 Å². The van der Waals surface area contributed by atoms with E-state index in [1.165, 1.54) is 53.8 Å². The molecule has 1 aliphatic heterocycles. The van der Waals surface area contributed by atoms with E-state index in [0.717, 1.165) is 29.5 Å². The van der Waals surface area contributed by atoms with Gasteiger partial charge in [-0.2, -0.15) is 0 Å². The predicted octanol–water partition coefficient (Wildman–Crippen LogP) is 5.85. The van der Waals surface area contributed by atoms with Crippen LogP contribution in [-0.4, -0.2) is 22.6 Å². The molecule has 0 saturated carbocycles. The summed E-state index contributed by atoms with van der Waals surface area (Å²) >= 11 is 6.09. The first-order valence-corrected chi connectivity index (χ1v) is 10.8. The third-order valence-electron chi connectivity index (χ3n) is 6.17. The fourth-order valence-electron chi connectivity index (χ4n) is 4.44. The average Bonchev–Trinajstić information content (AvgIpc) is 3.02. The first kappa shape index (κ1) is 19.5. The quantitative estimate of drug-likeness (QED) is 0.587. The van der Waals surface area contributed by atoms with Crippen molar-refractivity contribution >= 4 is 22.6 Å². The molecular formula is C24H30ClN3. The Hall–Kier alpha value is -1.84. The number of fused-ring (bicyclic) bond motifs is 1. The van der Waals surface area contributed by atoms with Gasteiger partial charge in [0.2, 0.25) is 0 Å². The van der Waals surface area contributed by atoms with Crippen molar-refractivity contribution in [3.63, 3.8) is 0 Å². The minimum atomic E-state index is 0.435. The van der Waals surface area contributed by atoms with Crippen molar-refractivity contribution in [3.05, 3.63) is 63.9 Å². The molecule has 1 aliphatic rings. The highest BCUT2D eigenvalue weighted by Crippen LogP contribution is 2.31. The predicted molar refractivity (Wildman–Crippen MR) is 118 cm³/mol. The van der Waals surface area contributed by atoms with E-state index in [9.17, 15) is 0 Å². The number of rotatable bonds is 5. The molecule has 0 spiro atoms. The molecule has 0 radical (unpaired) electrons. The van der Waals surface area contributed by atoms with Crippen molar-refractivity contribution in [2.24, 2.45) is 5.92 Å². The van der Waals surface area contributed by atoms with Gasteiger partial charge in [0.15, 0.2) is 0 Å². The van der Waals surface area contributed by atoms with Crippen LogP contribution in [0.2, 0.25) is 5.02 Å². The summed E-state index contributed by atoms with van der Waals surface area (Å²) in [6.07, 6.45) is 3.80. The highest BCUT2D eigenvalue weighted by molar-refractivity contribution is 6.30. The molecule has 2 aromatic carbocycles. The van der Waals surface area contributed by atoms with Crippen molar-refractivity contribution in [1.29, 1.82) is 0 Å². The van der Waals surface area contributed by atoms with Crippen LogP contribution in [0.1, 0.15) is 54.6 Å². The summed E-state index contributed by atoms with van der Waals surface area (Å²) < 4.78 is 2.42. The molecule has 1 N–H and O–H groups in total. The highest BCUT2D eigenvalue weighted by atomic mass is 35.5. The maximum atomic E-state index is 6.09. The Morgan fingerprint density at radius 2 is 1.93 bits per heavy atom. The minimum Gasteiger partial charge on any atom is -0.323 e. The Kier molecular flexibility index (Phi) is 5.75. The van der Waals surface area contributed by atoms with E-state index in [4.69, 9.17) is 16.6 Å². The number of hydrogen-bond acceptors (Lipinski definition) is 2. The van der Waals surface area contributed by atoms with Crippen molar-refractivity contribution in [3.8, 4) is 0 Å². The van der Waals surface area contributed by atoms with E-state index in [1.807, 2.05) is 12.1 Å². The van der Waals surface area contributed by atoms with Crippen LogP contribution in [0.5, 0.6) is 0 Å². The van der Waals surface area contributed by atoms with E-state index in [2.05, 4.69) is 54.9 Å². The Morgan fingerprint density at radius 1 is 1.18 bits per heavy atom. The van der Waals surface area contributed by atoms with E-state index in [-0.39, 0.29) is 0 Å². The van der Waals surface area contributed by atoms with Crippen LogP contribution in [0.15, 0.2) is 36.4 Å². The second-order valence-electron chi connectivity index (χ2n) is 8.46. The fourth-order valence-corrected chi connectivity index (χ4v) is 4.57. The zero-order chi connectivity index (χ0) is 19.7. The maximum Gasteiger partial charge on any atom is 0.113 e. The lowest BCUT2D eigenvalue weighted by Gasteiger charge is -2.25. The average molecular weight is 396 g/mol. The summed E-state index contributed by atoms with van der Waals surface area (Å²) in [4.78, 5) is 5.11. The van der Waals surface area contributed by atoms with Gasteiger partial charge in [-0.15, -0.1) is 0 Å². The summed E-state index contributed by atoms with van der Waals surface area (Å²) in [5, 5.41) is 4.33. The molecule has 0 bridgehead atoms. The molecule has 2 atom stereocenters. The molecule has 0 aliphatic carbocycles. The monoisotopic (exact) mass is 395 g/mol. The van der Waals surface area contributed by atoms with E-state index >= 15 is 0 Å². The second kappa shape index (κ2) is 8.26. The fraction of sp³-hybridized carbons (Fsp3) is 0.458. The third kappa shape index (κ3) is 4.11. The molecule has 28 heavy (non-hydrogen) atoms. The normalized spacial score (nSPS) is 18.5. The van der Waals surface area contributed by atoms with Crippen LogP contribution in [0.4, 0.5) is 0 Å². The first-order chi connectivity index (χ1) is 13.5. The van der Waals surface area contributed by atoms with Crippen molar-refractivity contribution in [2.75, 3.05) is 13.1 Å². The lowest BCUT2D eigenvalue weighted by atomic mass is 9.89. The van der Waals surface area contributed by atoms with Crippen LogP contribution in [-0.2, 0) is 6.54 Å². The van der Waals surface area contributed by atoms with Gasteiger partial charge in [0, 0.05) is 17.5 Å². The van der Waals surface area contributed by atoms with Crippen LogP contribution >= 0.6 is 11.6 Å². The molecule has 2 heterocycles. The van der Waals surface area contributed by atoms with Gasteiger partial charge in [-0.1, -0.05) is 30.7 Å². The van der Waals surface area contributed by atoms with Crippen LogP contribution < -0.4 is 5.32 Å². The Morgan fingerprint density at radius 3 is 2.64 bits per heavy atom. The lowest BCUT2D eigenvalue weighted by molar-refractivity contribution is 0.335. The largest absolute Gasteiger partial charge is 0.323 e. The summed E-state index contributed by atoms with van der Waals surface area (Å²) in [5.41, 5.74) is 6.23. The summed E-state index contributed by atoms with van der Waals surface area (Å²) in [5.74, 6) is 2.39. The zero-order valence-corrected chi connectivity index (χ0v) is 17.9. The standard InChI is InChI=1S/C24H30ClN3/c1-16-12-22-23(13-17(16)2)28(15-19-6-8-21(25)9-7-19)24(27-22)18(3)11-20-5-4-10-26-14-20/h6-9,12-13,18,20,26H,4-5,10-11,14-15H2,1-3H3. The molecule has 1 saturated heterocycles. The number of nitrogens with zero attached hydrogens (tertiary/aromatic N) is 2. The number of hydrogen-bond donors (Lipinski definition) is 1. The molecule has 4 rings (SSSR count). The van der Waals surface area contributed by atoms with Gasteiger partial charge < -0.3 is 9.88 Å². The summed E-state index contributed by atoms with van der Waals surface area (Å²) in [6.45, 7) is 9.83. The smallest absolute Gasteiger partial charge is 0.113 e. The zero-order valence-electron chi connectivity index (χ0n) is 17.1. The molecule has 2 unspecified atom stereocenters. The number of benzene rings is 2. The van der Waals surface area contributed by atoms with E-state index in [0.29, 0.717) is 5.92 Å². The first-order valence-electron chi connectivity index (χ1n) is 10.4. The Bertz CT molecular complexity index is 952. The molecule has 148 valence electrons. The SMILES string of the molecule is Cc1cc2nc(C(C)CC3CCCNC3)n(Cc3ccc(Cl)cc3)c2cc1C. The van der Waals surface area contributed by atoms with Crippen molar-refractivity contribution < 1.29 is 0 Å². The third-order valence-corrected chi connectivity index (χ3v) is 6.43. The molecule has 4 heteroatoms. The number of aryl methyl sites for hydroxylation is 2. The topological polar surface area (TPSA) is 29.9 Å². The maximum absolute atomic E-state index is 6.09. The van der Waals surface area contributed by atoms with Crippen molar-refractivity contribution in [1.82, 2.24) is 14.9 Å². The van der Waals surface area contributed by atoms with Gasteiger partial charge in [-0.05, 0) is 93.1 Å². The van der Waals surface area contributed by atoms with Crippen LogP contribution in [0, 0.1) is 19.8 Å². The minimum absolute atomic E-state index is 0.435. The van der Waals surface area contributed by atoms with Gasteiger partial charge in [-0.3, -0.25) is 0 Å². The lowest BCUT2D eigenvalue weighted by Crippen LogP contribution is -2.30. The molecule has 1 aromatic heterocycles. The highest BCUT2D eigenvalue weighted by Gasteiger charge is 2.22. The van der Waals surface area contributed by atoms with Crippen LogP contribution in [0.25, 0.3) is 11.0 Å². The number of halogens is 1. The number of piperidine rings is 1. The summed E-state index contributed by atoms with van der Waals surface area (Å²) in [6, 6.07) is 12.7. The van der Waals surface area contributed by atoms with Gasteiger partial charge in [0.05, 0.1) is 11.0 Å². The van der Waals surface area contributed by atoms with E-state index < -0.39 is 0 Å². The Balaban J connectivity index is 1.71. The molecule has 3 nitrogen and oxygen atoms in total. The molecular weight excluding hydrogens is 366 g/mol. The van der Waals surface area contributed by atoms with E-state index in [1.54, 1.807) is 0 Å². The summed E-state index contributed by atoms with van der Waals surface area (Å²) in [7, 11) is 0. The van der Waals surface area contributed by atoms with Crippen molar-refractivity contribution in [2.45, 2.75) is 52.5 Å². The van der Waals surface area contributed by atoms with Gasteiger partial charge in [0.25, 0.3) is 0 Å². The van der Waals surface area contributed by atoms with Crippen LogP contribution in [0.3, 0.4) is 0 Å². The van der Waals surface area contributed by atoms with Gasteiger partial charge in [0.1, 0.15) is 5.82 Å². The molecule has 0 amide bonds. The number of imidazole rings is 1. The van der Waals surface area contributed by atoms with Gasteiger partial charge >= 0.3 is 0 Å².